The molecule has 0 radical (unpaired) electrons. The van der Waals surface area contributed by atoms with Crippen molar-refractivity contribution in [1.29, 1.82) is 0 Å². The Morgan fingerprint density at radius 3 is 2.59 bits per heavy atom. The Bertz CT molecular complexity index is 550. The van der Waals surface area contributed by atoms with Gasteiger partial charge in [0.15, 0.2) is 0 Å². The molecule has 0 fully saturated rings. The van der Waals surface area contributed by atoms with Crippen LogP contribution < -0.4 is 4.57 Å². The number of benzene rings is 1. The summed E-state index contributed by atoms with van der Waals surface area (Å²) in [5.74, 6) is 0. The molecule has 2 aromatic rings. The van der Waals surface area contributed by atoms with Crippen LogP contribution in [0.3, 0.4) is 0 Å². The molecular formula is C19H27N2O+. The Morgan fingerprint density at radius 2 is 1.73 bits per heavy atom. The first-order valence-electron chi connectivity index (χ1n) is 8.63. The van der Waals surface area contributed by atoms with E-state index in [4.69, 9.17) is 4.74 Å². The first-order valence-corrected chi connectivity index (χ1v) is 8.63. The van der Waals surface area contributed by atoms with E-state index in [1.807, 2.05) is 0 Å². The predicted molar refractivity (Wildman–Crippen MR) is 87.7 cm³/mol. The maximum atomic E-state index is 5.98. The fourth-order valence-electron chi connectivity index (χ4n) is 3.16. The first kappa shape index (κ1) is 15.3. The highest BCUT2D eigenvalue weighted by atomic mass is 16.5. The third-order valence-electron chi connectivity index (χ3n) is 4.49. The second kappa shape index (κ2) is 8.14. The molecule has 0 unspecified atom stereocenters. The third kappa shape index (κ3) is 4.20. The van der Waals surface area contributed by atoms with Gasteiger partial charge in [-0.15, -0.1) is 0 Å². The second-order valence-corrected chi connectivity index (χ2v) is 6.22. The Morgan fingerprint density at radius 1 is 0.955 bits per heavy atom. The largest absolute Gasteiger partial charge is 0.377 e. The van der Waals surface area contributed by atoms with E-state index in [-0.39, 0.29) is 6.04 Å². The van der Waals surface area contributed by atoms with Crippen LogP contribution in [0.15, 0.2) is 49.1 Å². The molecule has 3 nitrogen and oxygen atoms in total. The minimum Gasteiger partial charge on any atom is -0.377 e. The van der Waals surface area contributed by atoms with Gasteiger partial charge < -0.3 is 4.74 Å². The van der Waals surface area contributed by atoms with E-state index in [9.17, 15) is 0 Å². The van der Waals surface area contributed by atoms with Crippen LogP contribution in [-0.2, 0) is 11.3 Å². The van der Waals surface area contributed by atoms with Crippen LogP contribution in [-0.4, -0.2) is 17.8 Å². The summed E-state index contributed by atoms with van der Waals surface area (Å²) in [7, 11) is 0. The standard InChI is InChI=1S/C19H27N2O/c1-2-4-9-15-22-16-19(18-10-6-5-7-11-18)21-14-13-20(17-21)12-8-3-1/h5-7,10-11,13-14,17,19H,1-4,8-9,12,15-16H2/q+1/t19-/m1/s1. The van der Waals surface area contributed by atoms with Crippen molar-refractivity contribution in [3.8, 4) is 0 Å². The molecule has 2 bridgehead atoms. The van der Waals surface area contributed by atoms with E-state index in [2.05, 4.69) is 58.2 Å². The lowest BCUT2D eigenvalue weighted by Crippen LogP contribution is -2.31. The average Bonchev–Trinajstić information content (AvgIpc) is 3.01. The molecular weight excluding hydrogens is 272 g/mol. The van der Waals surface area contributed by atoms with E-state index in [1.54, 1.807) is 0 Å². The Labute approximate surface area is 133 Å². The Hall–Kier alpha value is -1.61. The zero-order valence-electron chi connectivity index (χ0n) is 13.4. The van der Waals surface area contributed by atoms with Gasteiger partial charge in [-0.05, 0) is 24.8 Å². The maximum Gasteiger partial charge on any atom is 0.244 e. The van der Waals surface area contributed by atoms with Gasteiger partial charge in [0.05, 0.1) is 13.2 Å². The third-order valence-corrected chi connectivity index (χ3v) is 4.49. The van der Waals surface area contributed by atoms with E-state index >= 15 is 0 Å². The zero-order valence-corrected chi connectivity index (χ0v) is 13.4. The van der Waals surface area contributed by atoms with E-state index in [1.165, 1.54) is 44.1 Å². The molecule has 1 aromatic carbocycles. The highest BCUT2D eigenvalue weighted by Crippen LogP contribution is 2.18. The lowest BCUT2D eigenvalue weighted by atomic mass is 10.1. The quantitative estimate of drug-likeness (QED) is 0.734. The van der Waals surface area contributed by atoms with Gasteiger partial charge in [-0.2, -0.15) is 0 Å². The van der Waals surface area contributed by atoms with E-state index in [0.29, 0.717) is 0 Å². The molecule has 0 amide bonds. The SMILES string of the molecule is c1ccc([C@H]2COCCCCCCCC[n+]3ccn2c3)cc1. The molecule has 118 valence electrons. The summed E-state index contributed by atoms with van der Waals surface area (Å²) in [4.78, 5) is 0. The number of imidazole rings is 1. The minimum atomic E-state index is 0.269. The van der Waals surface area contributed by atoms with E-state index in [0.717, 1.165) is 19.8 Å². The number of aryl methyl sites for hydroxylation is 1. The Kier molecular flexibility index (Phi) is 5.66. The Balaban J connectivity index is 1.78. The lowest BCUT2D eigenvalue weighted by molar-refractivity contribution is -0.697. The van der Waals surface area contributed by atoms with Gasteiger partial charge in [-0.3, -0.25) is 0 Å². The normalized spacial score (nSPS) is 21.2. The van der Waals surface area contributed by atoms with Crippen LogP contribution in [0.1, 0.15) is 50.1 Å². The number of rotatable bonds is 1. The van der Waals surface area contributed by atoms with Crippen LogP contribution >= 0.6 is 0 Å². The zero-order chi connectivity index (χ0) is 15.0. The van der Waals surface area contributed by atoms with Gasteiger partial charge in [0.2, 0.25) is 6.33 Å². The summed E-state index contributed by atoms with van der Waals surface area (Å²) in [6.07, 6.45) is 14.4. The molecule has 1 aliphatic rings. The van der Waals surface area contributed by atoms with Crippen LogP contribution in [0.5, 0.6) is 0 Å². The number of hydrogen-bond acceptors (Lipinski definition) is 1. The highest BCUT2D eigenvalue weighted by molar-refractivity contribution is 5.19. The van der Waals surface area contributed by atoms with Crippen molar-refractivity contribution in [3.63, 3.8) is 0 Å². The molecule has 0 spiro atoms. The predicted octanol–water partition coefficient (Wildman–Crippen LogP) is 3.74. The summed E-state index contributed by atoms with van der Waals surface area (Å²) in [6.45, 7) is 2.75. The molecule has 0 aliphatic carbocycles. The first-order chi connectivity index (χ1) is 10.9. The number of hydrogen-bond donors (Lipinski definition) is 0. The van der Waals surface area contributed by atoms with Gasteiger partial charge in [0, 0.05) is 6.61 Å². The smallest absolute Gasteiger partial charge is 0.244 e. The number of aromatic nitrogens is 2. The fourth-order valence-corrected chi connectivity index (χ4v) is 3.16. The van der Waals surface area contributed by atoms with Crippen molar-refractivity contribution in [2.24, 2.45) is 0 Å². The number of ether oxygens (including phenoxy) is 1. The summed E-state index contributed by atoms with van der Waals surface area (Å²) in [5, 5.41) is 0. The van der Waals surface area contributed by atoms with E-state index < -0.39 is 0 Å². The molecule has 0 saturated carbocycles. The molecule has 1 aliphatic heterocycles. The highest BCUT2D eigenvalue weighted by Gasteiger charge is 2.19. The van der Waals surface area contributed by atoms with Crippen LogP contribution in [0, 0.1) is 0 Å². The van der Waals surface area contributed by atoms with Crippen LogP contribution in [0.4, 0.5) is 0 Å². The average molecular weight is 299 g/mol. The molecule has 3 rings (SSSR count). The summed E-state index contributed by atoms with van der Waals surface area (Å²) in [5.41, 5.74) is 1.32. The maximum absolute atomic E-state index is 5.98. The second-order valence-electron chi connectivity index (χ2n) is 6.22. The molecule has 2 heterocycles. The van der Waals surface area contributed by atoms with Crippen LogP contribution in [0.2, 0.25) is 0 Å². The van der Waals surface area contributed by atoms with Crippen molar-refractivity contribution < 1.29 is 9.30 Å². The molecule has 0 saturated heterocycles. The van der Waals surface area contributed by atoms with Crippen molar-refractivity contribution >= 4 is 0 Å². The monoisotopic (exact) mass is 299 g/mol. The van der Waals surface area contributed by atoms with Crippen molar-refractivity contribution in [1.82, 2.24) is 4.57 Å². The molecule has 1 aromatic heterocycles. The van der Waals surface area contributed by atoms with Crippen LogP contribution in [0.25, 0.3) is 0 Å². The van der Waals surface area contributed by atoms with Gasteiger partial charge in [0.25, 0.3) is 0 Å². The summed E-state index contributed by atoms with van der Waals surface area (Å²) >= 11 is 0. The molecule has 0 N–H and O–H groups in total. The number of nitrogens with zero attached hydrogens (tertiary/aromatic N) is 2. The molecule has 1 atom stereocenters. The topological polar surface area (TPSA) is 18.0 Å². The summed E-state index contributed by atoms with van der Waals surface area (Å²) in [6, 6.07) is 11.0. The summed E-state index contributed by atoms with van der Waals surface area (Å²) < 4.78 is 10.6. The van der Waals surface area contributed by atoms with Gasteiger partial charge in [0.1, 0.15) is 18.4 Å². The van der Waals surface area contributed by atoms with Crippen molar-refractivity contribution in [2.75, 3.05) is 13.2 Å². The molecule has 22 heavy (non-hydrogen) atoms. The lowest BCUT2D eigenvalue weighted by Gasteiger charge is -2.15. The van der Waals surface area contributed by atoms with Gasteiger partial charge >= 0.3 is 0 Å². The van der Waals surface area contributed by atoms with Crippen molar-refractivity contribution in [3.05, 3.63) is 54.6 Å². The fraction of sp³-hybridized carbons (Fsp3) is 0.526. The van der Waals surface area contributed by atoms with Gasteiger partial charge in [-0.1, -0.05) is 49.6 Å². The minimum absolute atomic E-state index is 0.269. The molecule has 3 heteroatoms. The number of fused-ring (bicyclic) bond motifs is 2. The van der Waals surface area contributed by atoms with Gasteiger partial charge in [-0.25, -0.2) is 9.13 Å². The van der Waals surface area contributed by atoms with Crippen molar-refractivity contribution in [2.45, 2.75) is 51.1 Å².